The van der Waals surface area contributed by atoms with Crippen molar-refractivity contribution in [2.24, 2.45) is 5.92 Å². The van der Waals surface area contributed by atoms with E-state index in [-0.39, 0.29) is 11.9 Å². The van der Waals surface area contributed by atoms with E-state index in [0.717, 1.165) is 6.07 Å². The Balaban J connectivity index is 2.00. The topological polar surface area (TPSA) is 42.0 Å². The van der Waals surface area contributed by atoms with Crippen molar-refractivity contribution in [3.63, 3.8) is 0 Å². The molecule has 1 aliphatic rings. The molecule has 1 fully saturated rings. The zero-order valence-electron chi connectivity index (χ0n) is 8.53. The molecule has 0 aliphatic heterocycles. The molecule has 1 N–H and O–H groups in total. The van der Waals surface area contributed by atoms with Crippen LogP contribution in [0.25, 0.3) is 0 Å². The minimum atomic E-state index is -0.623. The molecule has 0 aromatic carbocycles. The number of hydrogen-bond donors (Lipinski definition) is 1. The Morgan fingerprint density at radius 2 is 2.40 bits per heavy atom. The van der Waals surface area contributed by atoms with Crippen LogP contribution in [-0.2, 0) is 0 Å². The molecular weight excluding hydrogens is 195 g/mol. The van der Waals surface area contributed by atoms with Crippen LogP contribution < -0.4 is 5.32 Å². The van der Waals surface area contributed by atoms with Crippen molar-refractivity contribution in [2.45, 2.75) is 25.8 Å². The van der Waals surface area contributed by atoms with Gasteiger partial charge in [0.05, 0.1) is 0 Å². The third kappa shape index (κ3) is 2.52. The SMILES string of the molecule is CC(NC(=O)c1ccnc(F)c1)C1CC1. The fraction of sp³-hybridized carbons (Fsp3) is 0.455. The standard InChI is InChI=1S/C11H13FN2O/c1-7(8-2-3-8)14-11(15)9-4-5-13-10(12)6-9/h4-8H,2-3H2,1H3,(H,14,15). The van der Waals surface area contributed by atoms with Crippen LogP contribution in [0.3, 0.4) is 0 Å². The van der Waals surface area contributed by atoms with Gasteiger partial charge in [0.25, 0.3) is 5.91 Å². The number of aromatic nitrogens is 1. The zero-order valence-corrected chi connectivity index (χ0v) is 8.53. The summed E-state index contributed by atoms with van der Waals surface area (Å²) in [6, 6.07) is 2.83. The second kappa shape index (κ2) is 3.96. The lowest BCUT2D eigenvalue weighted by atomic mass is 10.2. The van der Waals surface area contributed by atoms with E-state index in [2.05, 4.69) is 10.3 Å². The average molecular weight is 208 g/mol. The quantitative estimate of drug-likeness (QED) is 0.769. The third-order valence-electron chi connectivity index (χ3n) is 2.68. The zero-order chi connectivity index (χ0) is 10.8. The fourth-order valence-electron chi connectivity index (χ4n) is 1.55. The highest BCUT2D eigenvalue weighted by molar-refractivity contribution is 5.94. The van der Waals surface area contributed by atoms with Gasteiger partial charge in [-0.1, -0.05) is 0 Å². The third-order valence-corrected chi connectivity index (χ3v) is 2.68. The van der Waals surface area contributed by atoms with Gasteiger partial charge in [-0.25, -0.2) is 4.98 Å². The van der Waals surface area contributed by atoms with Crippen molar-refractivity contribution in [3.8, 4) is 0 Å². The Morgan fingerprint density at radius 1 is 1.67 bits per heavy atom. The summed E-state index contributed by atoms with van der Waals surface area (Å²) in [7, 11) is 0. The monoisotopic (exact) mass is 208 g/mol. The molecule has 2 rings (SSSR count). The number of hydrogen-bond acceptors (Lipinski definition) is 2. The molecule has 1 unspecified atom stereocenters. The smallest absolute Gasteiger partial charge is 0.251 e. The second-order valence-corrected chi connectivity index (χ2v) is 3.97. The lowest BCUT2D eigenvalue weighted by Gasteiger charge is -2.12. The first-order chi connectivity index (χ1) is 7.16. The number of rotatable bonds is 3. The maximum atomic E-state index is 12.7. The van der Waals surface area contributed by atoms with Crippen LogP contribution >= 0.6 is 0 Å². The Bertz CT molecular complexity index is 377. The summed E-state index contributed by atoms with van der Waals surface area (Å²) in [6.07, 6.45) is 3.64. The largest absolute Gasteiger partial charge is 0.349 e. The molecule has 1 aromatic heterocycles. The predicted molar refractivity (Wildman–Crippen MR) is 53.8 cm³/mol. The molecule has 1 saturated carbocycles. The number of halogens is 1. The Labute approximate surface area is 87.7 Å². The molecule has 1 aliphatic carbocycles. The van der Waals surface area contributed by atoms with Gasteiger partial charge in [-0.3, -0.25) is 4.79 Å². The predicted octanol–water partition coefficient (Wildman–Crippen LogP) is 1.75. The van der Waals surface area contributed by atoms with Gasteiger partial charge in [0.15, 0.2) is 0 Å². The Kier molecular flexibility index (Phi) is 2.66. The van der Waals surface area contributed by atoms with Gasteiger partial charge in [0.2, 0.25) is 5.95 Å². The number of nitrogens with zero attached hydrogens (tertiary/aromatic N) is 1. The summed E-state index contributed by atoms with van der Waals surface area (Å²) in [4.78, 5) is 15.0. The van der Waals surface area contributed by atoms with E-state index >= 15 is 0 Å². The molecule has 0 bridgehead atoms. The first-order valence-electron chi connectivity index (χ1n) is 5.09. The van der Waals surface area contributed by atoms with Crippen molar-refractivity contribution < 1.29 is 9.18 Å². The maximum absolute atomic E-state index is 12.7. The molecule has 4 heteroatoms. The first-order valence-corrected chi connectivity index (χ1v) is 5.09. The molecule has 3 nitrogen and oxygen atoms in total. The molecular formula is C11H13FN2O. The number of amides is 1. The highest BCUT2D eigenvalue weighted by atomic mass is 19.1. The normalized spacial score (nSPS) is 17.2. The molecule has 1 aromatic rings. The van der Waals surface area contributed by atoms with Crippen LogP contribution in [0.1, 0.15) is 30.1 Å². The van der Waals surface area contributed by atoms with Crippen LogP contribution in [-0.4, -0.2) is 16.9 Å². The highest BCUT2D eigenvalue weighted by Crippen LogP contribution is 2.32. The van der Waals surface area contributed by atoms with Gasteiger partial charge in [-0.05, 0) is 31.7 Å². The second-order valence-electron chi connectivity index (χ2n) is 3.97. The number of pyridine rings is 1. The van der Waals surface area contributed by atoms with E-state index in [4.69, 9.17) is 0 Å². The van der Waals surface area contributed by atoms with Crippen molar-refractivity contribution in [1.82, 2.24) is 10.3 Å². The lowest BCUT2D eigenvalue weighted by Crippen LogP contribution is -2.34. The molecule has 0 spiro atoms. The molecule has 80 valence electrons. The van der Waals surface area contributed by atoms with Crippen molar-refractivity contribution in [3.05, 3.63) is 29.8 Å². The first kappa shape index (κ1) is 10.1. The Hall–Kier alpha value is -1.45. The summed E-state index contributed by atoms with van der Waals surface area (Å²) in [5.41, 5.74) is 0.329. The molecule has 15 heavy (non-hydrogen) atoms. The van der Waals surface area contributed by atoms with Gasteiger partial charge in [0, 0.05) is 23.9 Å². The molecule has 1 heterocycles. The average Bonchev–Trinajstić information content (AvgIpc) is 3.00. The minimum absolute atomic E-state index is 0.175. The summed E-state index contributed by atoms with van der Waals surface area (Å²) < 4.78 is 12.7. The van der Waals surface area contributed by atoms with E-state index < -0.39 is 5.95 Å². The van der Waals surface area contributed by atoms with Crippen LogP contribution in [0, 0.1) is 11.9 Å². The lowest BCUT2D eigenvalue weighted by molar-refractivity contribution is 0.0935. The van der Waals surface area contributed by atoms with Gasteiger partial charge in [0.1, 0.15) is 0 Å². The molecule has 1 atom stereocenters. The van der Waals surface area contributed by atoms with Gasteiger partial charge in [-0.2, -0.15) is 4.39 Å². The maximum Gasteiger partial charge on any atom is 0.251 e. The van der Waals surface area contributed by atoms with Crippen molar-refractivity contribution >= 4 is 5.91 Å². The summed E-state index contributed by atoms with van der Waals surface area (Å²) in [5.74, 6) is -0.252. The van der Waals surface area contributed by atoms with Crippen LogP contribution in [0.2, 0.25) is 0 Å². The van der Waals surface area contributed by atoms with E-state index in [9.17, 15) is 9.18 Å². The summed E-state index contributed by atoms with van der Waals surface area (Å²) in [6.45, 7) is 1.98. The molecule has 0 saturated heterocycles. The van der Waals surface area contributed by atoms with E-state index in [1.54, 1.807) is 0 Å². The molecule has 0 radical (unpaired) electrons. The van der Waals surface area contributed by atoms with E-state index in [1.807, 2.05) is 6.92 Å². The fourth-order valence-corrected chi connectivity index (χ4v) is 1.55. The summed E-state index contributed by atoms with van der Waals surface area (Å²) >= 11 is 0. The number of carbonyl (C=O) groups is 1. The van der Waals surface area contributed by atoms with E-state index in [1.165, 1.54) is 25.1 Å². The van der Waals surface area contributed by atoms with Gasteiger partial charge < -0.3 is 5.32 Å². The van der Waals surface area contributed by atoms with Crippen molar-refractivity contribution in [2.75, 3.05) is 0 Å². The number of carbonyl (C=O) groups excluding carboxylic acids is 1. The molecule has 1 amide bonds. The van der Waals surface area contributed by atoms with Crippen LogP contribution in [0.5, 0.6) is 0 Å². The van der Waals surface area contributed by atoms with Crippen LogP contribution in [0.4, 0.5) is 4.39 Å². The summed E-state index contributed by atoms with van der Waals surface area (Å²) in [5, 5.41) is 2.85. The highest BCUT2D eigenvalue weighted by Gasteiger charge is 2.29. The minimum Gasteiger partial charge on any atom is -0.349 e. The Morgan fingerprint density at radius 3 is 3.00 bits per heavy atom. The number of nitrogens with one attached hydrogen (secondary N) is 1. The van der Waals surface area contributed by atoms with Crippen LogP contribution in [0.15, 0.2) is 18.3 Å². The van der Waals surface area contributed by atoms with Gasteiger partial charge in [-0.15, -0.1) is 0 Å². The van der Waals surface area contributed by atoms with Crippen molar-refractivity contribution in [1.29, 1.82) is 0 Å². The van der Waals surface area contributed by atoms with Gasteiger partial charge >= 0.3 is 0 Å². The van der Waals surface area contributed by atoms with E-state index in [0.29, 0.717) is 11.5 Å².